The van der Waals surface area contributed by atoms with E-state index in [4.69, 9.17) is 11.6 Å². The molecule has 1 saturated heterocycles. The number of nitrogens with one attached hydrogen (secondary N) is 2. The van der Waals surface area contributed by atoms with Crippen molar-refractivity contribution in [3.63, 3.8) is 0 Å². The van der Waals surface area contributed by atoms with Crippen molar-refractivity contribution in [2.24, 2.45) is 0 Å². The van der Waals surface area contributed by atoms with Crippen molar-refractivity contribution in [2.45, 2.75) is 28.2 Å². The lowest BCUT2D eigenvalue weighted by Gasteiger charge is -2.36. The van der Waals surface area contributed by atoms with Crippen molar-refractivity contribution in [2.75, 3.05) is 62.8 Å². The van der Waals surface area contributed by atoms with Crippen LogP contribution in [0.25, 0.3) is 11.1 Å². The molecular weight excluding hydrogens is 778 g/mol. The number of carbonyl (C=O) groups is 1. The molecule has 0 bridgehead atoms. The molecule has 2 N–H and O–H groups in total. The summed E-state index contributed by atoms with van der Waals surface area (Å²) in [7, 11) is -0.530. The van der Waals surface area contributed by atoms with Crippen LogP contribution in [0.3, 0.4) is 0 Å². The molecule has 2 heterocycles. The third-order valence-corrected chi connectivity index (χ3v) is 12.9. The molecule has 12 nitrogen and oxygen atoms in total. The molecule has 55 heavy (non-hydrogen) atoms. The van der Waals surface area contributed by atoms with Crippen LogP contribution in [0.15, 0.2) is 112 Å². The van der Waals surface area contributed by atoms with E-state index in [1.165, 1.54) is 34.6 Å². The number of amides is 1. The second-order valence-electron chi connectivity index (χ2n) is 13.4. The fraction of sp³-hybridized carbons (Fsp3) is 0.282. The molecule has 1 fully saturated rings. The van der Waals surface area contributed by atoms with Crippen molar-refractivity contribution in [3.05, 3.63) is 129 Å². The second kappa shape index (κ2) is 18.4. The van der Waals surface area contributed by atoms with Gasteiger partial charge in [0.2, 0.25) is 0 Å². The van der Waals surface area contributed by atoms with Gasteiger partial charge in [-0.05, 0) is 92.3 Å². The Morgan fingerprint density at radius 2 is 1.75 bits per heavy atom. The molecule has 1 aliphatic heterocycles. The number of halogens is 1. The molecule has 6 rings (SSSR count). The maximum absolute atomic E-state index is 13.3. The number of carbonyl (C=O) groups excluding carboxylic acids is 1. The normalized spacial score (nSPS) is 14.1. The highest BCUT2D eigenvalue weighted by Crippen LogP contribution is 2.31. The van der Waals surface area contributed by atoms with E-state index < -0.39 is 26.5 Å². The van der Waals surface area contributed by atoms with Crippen LogP contribution in [-0.4, -0.2) is 92.6 Å². The zero-order chi connectivity index (χ0) is 39.0. The first-order chi connectivity index (χ1) is 26.4. The van der Waals surface area contributed by atoms with Gasteiger partial charge in [0, 0.05) is 78.4 Å². The van der Waals surface area contributed by atoms with E-state index in [1.807, 2.05) is 54.7 Å². The van der Waals surface area contributed by atoms with Crippen LogP contribution in [0.2, 0.25) is 5.02 Å². The SMILES string of the molecule is CN(C)CC[C@H](CSc1nccs1)Nc1ccc(S(=O)(=O)NC(=O)c2ccc(N3CCN(Cc4ccccc4-c4ccc(Cl)cc4)CC3)cc2)cc1[N+](=O)[O-]. The largest absolute Gasteiger partial charge is 0.376 e. The number of nitrogens with zero attached hydrogens (tertiary/aromatic N) is 5. The van der Waals surface area contributed by atoms with Gasteiger partial charge in [0.25, 0.3) is 21.6 Å². The quantitative estimate of drug-likeness (QED) is 0.0587. The summed E-state index contributed by atoms with van der Waals surface area (Å²) in [6.07, 6.45) is 2.41. The first kappa shape index (κ1) is 40.2. The Morgan fingerprint density at radius 1 is 1.02 bits per heavy atom. The standard InChI is InChI=1S/C39H42ClN7O5S3/c1-44(2)19-17-32(27-54-39-41-18-24-53-39)42-36-16-15-34(25-37(36)47(49)50)55(51,52)43-38(48)29-9-13-33(14-10-29)46-22-20-45(21-23-46)26-30-5-3-4-6-35(30)28-7-11-31(40)12-8-28/h3-16,18,24-25,32,42H,17,19-23,26-27H2,1-2H3,(H,43,48)/t32-/m1/s1. The van der Waals surface area contributed by atoms with Gasteiger partial charge in [-0.2, -0.15) is 0 Å². The maximum Gasteiger partial charge on any atom is 0.293 e. The van der Waals surface area contributed by atoms with E-state index in [1.54, 1.807) is 42.2 Å². The number of nitro benzene ring substituents is 1. The number of thiazole rings is 1. The van der Waals surface area contributed by atoms with Gasteiger partial charge in [0.1, 0.15) is 10.0 Å². The summed E-state index contributed by atoms with van der Waals surface area (Å²) in [5.74, 6) is -0.228. The number of benzene rings is 4. The van der Waals surface area contributed by atoms with Crippen molar-refractivity contribution in [3.8, 4) is 11.1 Å². The molecule has 0 radical (unpaired) electrons. The van der Waals surface area contributed by atoms with E-state index in [2.05, 4.69) is 43.0 Å². The average molecular weight is 820 g/mol. The van der Waals surface area contributed by atoms with Crippen LogP contribution >= 0.6 is 34.7 Å². The Balaban J connectivity index is 1.06. The number of anilines is 2. The molecule has 288 valence electrons. The smallest absolute Gasteiger partial charge is 0.293 e. The van der Waals surface area contributed by atoms with E-state index >= 15 is 0 Å². The third kappa shape index (κ3) is 10.8. The first-order valence-corrected chi connectivity index (χ1v) is 21.4. The maximum atomic E-state index is 13.3. The average Bonchev–Trinajstić information content (AvgIpc) is 3.70. The van der Waals surface area contributed by atoms with Crippen LogP contribution in [0.1, 0.15) is 22.3 Å². The Morgan fingerprint density at radius 3 is 2.42 bits per heavy atom. The van der Waals surface area contributed by atoms with Crippen molar-refractivity contribution in [1.82, 2.24) is 19.5 Å². The molecule has 0 unspecified atom stereocenters. The van der Waals surface area contributed by atoms with Crippen molar-refractivity contribution >= 4 is 67.7 Å². The Labute approximate surface area is 334 Å². The van der Waals surface area contributed by atoms with Gasteiger partial charge >= 0.3 is 0 Å². The molecule has 5 aromatic rings. The van der Waals surface area contributed by atoms with Gasteiger partial charge in [0.05, 0.1) is 9.82 Å². The summed E-state index contributed by atoms with van der Waals surface area (Å²) in [6, 6.07) is 26.5. The fourth-order valence-electron chi connectivity index (χ4n) is 6.27. The number of hydrogen-bond donors (Lipinski definition) is 2. The van der Waals surface area contributed by atoms with Crippen LogP contribution in [0.4, 0.5) is 17.1 Å². The minimum absolute atomic E-state index is 0.152. The van der Waals surface area contributed by atoms with Gasteiger partial charge in [-0.1, -0.05) is 59.8 Å². The third-order valence-electron chi connectivity index (χ3n) is 9.24. The number of piperazine rings is 1. The minimum Gasteiger partial charge on any atom is -0.376 e. The number of thioether (sulfide) groups is 1. The van der Waals surface area contributed by atoms with Gasteiger partial charge in [-0.25, -0.2) is 18.1 Å². The molecule has 1 aromatic heterocycles. The Hall–Kier alpha value is -4.51. The monoisotopic (exact) mass is 819 g/mol. The summed E-state index contributed by atoms with van der Waals surface area (Å²) in [5, 5.41) is 18.0. The number of sulfonamides is 1. The van der Waals surface area contributed by atoms with Crippen LogP contribution in [0.5, 0.6) is 0 Å². The molecule has 1 aliphatic rings. The molecule has 16 heteroatoms. The van der Waals surface area contributed by atoms with Gasteiger partial charge < -0.3 is 15.1 Å². The highest BCUT2D eigenvalue weighted by molar-refractivity contribution is 8.01. The number of rotatable bonds is 16. The predicted molar refractivity (Wildman–Crippen MR) is 222 cm³/mol. The molecular formula is C39H42ClN7O5S3. The Kier molecular flexibility index (Phi) is 13.4. The topological polar surface area (TPSA) is 141 Å². The fourth-order valence-corrected chi connectivity index (χ4v) is 9.13. The van der Waals surface area contributed by atoms with E-state index in [9.17, 15) is 23.3 Å². The number of nitro groups is 1. The summed E-state index contributed by atoms with van der Waals surface area (Å²) in [5.41, 5.74) is 4.42. The second-order valence-corrected chi connectivity index (χ2v) is 17.7. The molecule has 1 amide bonds. The molecule has 0 saturated carbocycles. The predicted octanol–water partition coefficient (Wildman–Crippen LogP) is 7.34. The van der Waals surface area contributed by atoms with Crippen LogP contribution in [0, 0.1) is 10.1 Å². The zero-order valence-corrected chi connectivity index (χ0v) is 33.6. The molecule has 4 aromatic carbocycles. The molecule has 1 atom stereocenters. The Bertz CT molecular complexity index is 2180. The lowest BCUT2D eigenvalue weighted by Crippen LogP contribution is -2.46. The van der Waals surface area contributed by atoms with Gasteiger partial charge in [-0.15, -0.1) is 11.3 Å². The highest BCUT2D eigenvalue weighted by atomic mass is 35.5. The van der Waals surface area contributed by atoms with Crippen molar-refractivity contribution in [1.29, 1.82) is 0 Å². The van der Waals surface area contributed by atoms with E-state index in [-0.39, 0.29) is 22.2 Å². The lowest BCUT2D eigenvalue weighted by molar-refractivity contribution is -0.384. The first-order valence-electron chi connectivity index (χ1n) is 17.7. The summed E-state index contributed by atoms with van der Waals surface area (Å²) in [6.45, 7) is 4.81. The van der Waals surface area contributed by atoms with Gasteiger partial charge in [-0.3, -0.25) is 19.8 Å². The number of aromatic nitrogens is 1. The van der Waals surface area contributed by atoms with E-state index in [0.29, 0.717) is 17.2 Å². The van der Waals surface area contributed by atoms with Gasteiger partial charge in [0.15, 0.2) is 0 Å². The molecule has 0 aliphatic carbocycles. The zero-order valence-electron chi connectivity index (χ0n) is 30.4. The highest BCUT2D eigenvalue weighted by Gasteiger charge is 2.26. The van der Waals surface area contributed by atoms with Crippen molar-refractivity contribution < 1.29 is 18.1 Å². The summed E-state index contributed by atoms with van der Waals surface area (Å²) >= 11 is 9.17. The minimum atomic E-state index is -4.43. The van der Waals surface area contributed by atoms with Crippen LogP contribution < -0.4 is 14.9 Å². The van der Waals surface area contributed by atoms with E-state index in [0.717, 1.165) is 60.9 Å². The summed E-state index contributed by atoms with van der Waals surface area (Å²) in [4.78, 5) is 35.2. The number of hydrogen-bond acceptors (Lipinski definition) is 12. The summed E-state index contributed by atoms with van der Waals surface area (Å²) < 4.78 is 29.6. The van der Waals surface area contributed by atoms with Crippen LogP contribution in [-0.2, 0) is 16.6 Å². The molecule has 0 spiro atoms. The lowest BCUT2D eigenvalue weighted by atomic mass is 9.99.